The van der Waals surface area contributed by atoms with E-state index in [1.54, 1.807) is 7.11 Å². The largest absolute Gasteiger partial charge is 0.697 e. The molecule has 3 atom stereocenters. The summed E-state index contributed by atoms with van der Waals surface area (Å²) in [7, 11) is -0.318. The Hall–Kier alpha value is -0.0200. The van der Waals surface area contributed by atoms with Gasteiger partial charge >= 0.3 is 8.25 Å². The highest BCUT2D eigenvalue weighted by molar-refractivity contribution is 7.33. The number of methoxy groups -OCH3 is 1. The fourth-order valence-electron chi connectivity index (χ4n) is 0.764. The van der Waals surface area contributed by atoms with E-state index >= 15 is 0 Å². The standard InChI is InChI=1S/C5H10O4P/c1-4-5(7-2)3-8-10(6)9-4/h4-5H,3H2,1-2H3/q+1. The third-order valence-electron chi connectivity index (χ3n) is 1.42. The van der Waals surface area contributed by atoms with E-state index < -0.39 is 8.25 Å². The summed E-state index contributed by atoms with van der Waals surface area (Å²) in [4.78, 5) is 0. The third kappa shape index (κ3) is 1.73. The predicted octanol–water partition coefficient (Wildman–Crippen LogP) is 1.09. The van der Waals surface area contributed by atoms with Gasteiger partial charge in [0.15, 0.2) is 0 Å². The first-order chi connectivity index (χ1) is 4.74. The van der Waals surface area contributed by atoms with Gasteiger partial charge in [0.25, 0.3) is 0 Å². The number of rotatable bonds is 1. The van der Waals surface area contributed by atoms with E-state index in [0.717, 1.165) is 0 Å². The smallest absolute Gasteiger partial charge is 0.376 e. The van der Waals surface area contributed by atoms with Crippen LogP contribution in [0.3, 0.4) is 0 Å². The van der Waals surface area contributed by atoms with Gasteiger partial charge in [-0.3, -0.25) is 0 Å². The average Bonchev–Trinajstić information content (AvgIpc) is 1.88. The van der Waals surface area contributed by atoms with Crippen molar-refractivity contribution in [1.82, 2.24) is 0 Å². The zero-order valence-electron chi connectivity index (χ0n) is 5.94. The summed E-state index contributed by atoms with van der Waals surface area (Å²) in [6, 6.07) is 0. The number of hydrogen-bond donors (Lipinski definition) is 0. The lowest BCUT2D eigenvalue weighted by Crippen LogP contribution is -2.33. The minimum atomic E-state index is -1.89. The fraction of sp³-hybridized carbons (Fsp3) is 1.00. The molecule has 1 heterocycles. The highest BCUT2D eigenvalue weighted by atomic mass is 31.1. The second-order valence-electron chi connectivity index (χ2n) is 2.10. The van der Waals surface area contributed by atoms with E-state index in [1.165, 1.54) is 0 Å². The van der Waals surface area contributed by atoms with Crippen molar-refractivity contribution in [3.63, 3.8) is 0 Å². The molecule has 0 aromatic carbocycles. The molecule has 0 saturated carbocycles. The van der Waals surface area contributed by atoms with Crippen LogP contribution in [0.5, 0.6) is 0 Å². The van der Waals surface area contributed by atoms with Crippen LogP contribution in [-0.2, 0) is 18.3 Å². The highest BCUT2D eigenvalue weighted by Crippen LogP contribution is 2.32. The lowest BCUT2D eigenvalue weighted by Gasteiger charge is -2.18. The van der Waals surface area contributed by atoms with Crippen LogP contribution in [0, 0.1) is 0 Å². The molecule has 3 unspecified atom stereocenters. The van der Waals surface area contributed by atoms with Crippen molar-refractivity contribution in [2.24, 2.45) is 0 Å². The summed E-state index contributed by atoms with van der Waals surface area (Å²) in [5.74, 6) is 0. The van der Waals surface area contributed by atoms with Gasteiger partial charge < -0.3 is 4.74 Å². The van der Waals surface area contributed by atoms with E-state index in [4.69, 9.17) is 13.8 Å². The second kappa shape index (κ2) is 3.39. The molecule has 58 valence electrons. The van der Waals surface area contributed by atoms with Gasteiger partial charge in [0, 0.05) is 11.7 Å². The lowest BCUT2D eigenvalue weighted by molar-refractivity contribution is -0.0470. The summed E-state index contributed by atoms with van der Waals surface area (Å²) in [6.07, 6.45) is -0.227. The topological polar surface area (TPSA) is 44.8 Å². The Bertz CT molecular complexity index is 138. The number of hydrogen-bond acceptors (Lipinski definition) is 4. The summed E-state index contributed by atoms with van der Waals surface area (Å²) in [5.41, 5.74) is 0. The molecule has 0 spiro atoms. The van der Waals surface area contributed by atoms with Gasteiger partial charge in [-0.2, -0.15) is 0 Å². The van der Waals surface area contributed by atoms with Crippen molar-refractivity contribution in [2.45, 2.75) is 19.1 Å². The van der Waals surface area contributed by atoms with E-state index in [1.807, 2.05) is 6.92 Å². The lowest BCUT2D eigenvalue weighted by atomic mass is 10.2. The summed E-state index contributed by atoms with van der Waals surface area (Å²) in [5, 5.41) is 0. The van der Waals surface area contributed by atoms with Crippen LogP contribution in [0.15, 0.2) is 0 Å². The van der Waals surface area contributed by atoms with Gasteiger partial charge in [-0.15, -0.1) is 9.05 Å². The molecule has 1 aliphatic rings. The van der Waals surface area contributed by atoms with Gasteiger partial charge in [0.1, 0.15) is 18.8 Å². The molecule has 0 amide bonds. The SMILES string of the molecule is COC1CO[P+](=O)OC1C. The van der Waals surface area contributed by atoms with Gasteiger partial charge in [-0.05, 0) is 6.92 Å². The van der Waals surface area contributed by atoms with Crippen LogP contribution in [0.25, 0.3) is 0 Å². The van der Waals surface area contributed by atoms with Crippen molar-refractivity contribution < 1.29 is 18.3 Å². The first-order valence-corrected chi connectivity index (χ1v) is 4.13. The quantitative estimate of drug-likeness (QED) is 0.545. The molecular weight excluding hydrogens is 155 g/mol. The first-order valence-electron chi connectivity index (χ1n) is 3.03. The molecule has 0 bridgehead atoms. The molecule has 0 aromatic rings. The molecule has 5 heteroatoms. The van der Waals surface area contributed by atoms with Gasteiger partial charge in [0.05, 0.1) is 0 Å². The Morgan fingerprint density at radius 3 is 2.90 bits per heavy atom. The monoisotopic (exact) mass is 165 g/mol. The molecule has 1 fully saturated rings. The maximum Gasteiger partial charge on any atom is 0.697 e. The maximum absolute atomic E-state index is 10.6. The minimum absolute atomic E-state index is 0.0901. The molecular formula is C5H10O4P+. The Morgan fingerprint density at radius 2 is 2.40 bits per heavy atom. The van der Waals surface area contributed by atoms with Crippen molar-refractivity contribution in [1.29, 1.82) is 0 Å². The summed E-state index contributed by atoms with van der Waals surface area (Å²) >= 11 is 0. The minimum Gasteiger partial charge on any atom is -0.376 e. The molecule has 0 aromatic heterocycles. The van der Waals surface area contributed by atoms with Crippen molar-refractivity contribution >= 4 is 8.25 Å². The second-order valence-corrected chi connectivity index (χ2v) is 3.02. The normalized spacial score (nSPS) is 38.0. The van der Waals surface area contributed by atoms with Gasteiger partial charge in [-0.1, -0.05) is 0 Å². The van der Waals surface area contributed by atoms with Crippen LogP contribution in [-0.4, -0.2) is 25.9 Å². The fourth-order valence-corrected chi connectivity index (χ4v) is 1.50. The van der Waals surface area contributed by atoms with Crippen molar-refractivity contribution in [3.8, 4) is 0 Å². The van der Waals surface area contributed by atoms with E-state index in [9.17, 15) is 4.57 Å². The maximum atomic E-state index is 10.6. The Kier molecular flexibility index (Phi) is 2.74. The molecule has 0 aliphatic carbocycles. The Balaban J connectivity index is 2.43. The molecule has 0 N–H and O–H groups in total. The Morgan fingerprint density at radius 1 is 1.70 bits per heavy atom. The van der Waals surface area contributed by atoms with Crippen LogP contribution < -0.4 is 0 Å². The zero-order chi connectivity index (χ0) is 7.56. The number of ether oxygens (including phenoxy) is 1. The Labute approximate surface area is 60.4 Å². The van der Waals surface area contributed by atoms with Crippen molar-refractivity contribution in [3.05, 3.63) is 0 Å². The van der Waals surface area contributed by atoms with E-state index in [0.29, 0.717) is 6.61 Å². The third-order valence-corrected chi connectivity index (χ3v) is 2.29. The molecule has 4 nitrogen and oxygen atoms in total. The molecule has 10 heavy (non-hydrogen) atoms. The van der Waals surface area contributed by atoms with E-state index in [2.05, 4.69) is 0 Å². The molecule has 1 rings (SSSR count). The average molecular weight is 165 g/mol. The zero-order valence-corrected chi connectivity index (χ0v) is 6.84. The molecule has 1 saturated heterocycles. The molecule has 1 aliphatic heterocycles. The van der Waals surface area contributed by atoms with Gasteiger partial charge in [-0.25, -0.2) is 0 Å². The predicted molar refractivity (Wildman–Crippen MR) is 34.9 cm³/mol. The molecule has 0 radical (unpaired) electrons. The summed E-state index contributed by atoms with van der Waals surface area (Å²) < 4.78 is 25.1. The van der Waals surface area contributed by atoms with Gasteiger partial charge in [0.2, 0.25) is 0 Å². The van der Waals surface area contributed by atoms with Crippen LogP contribution in [0.2, 0.25) is 0 Å². The van der Waals surface area contributed by atoms with E-state index in [-0.39, 0.29) is 12.2 Å². The van der Waals surface area contributed by atoms with Crippen LogP contribution >= 0.6 is 8.25 Å². The van der Waals surface area contributed by atoms with Crippen LogP contribution in [0.1, 0.15) is 6.92 Å². The van der Waals surface area contributed by atoms with Crippen molar-refractivity contribution in [2.75, 3.05) is 13.7 Å². The highest BCUT2D eigenvalue weighted by Gasteiger charge is 2.37. The summed E-state index contributed by atoms with van der Waals surface area (Å²) in [6.45, 7) is 2.16. The van der Waals surface area contributed by atoms with Crippen LogP contribution in [0.4, 0.5) is 0 Å². The first kappa shape index (κ1) is 8.08.